The third kappa shape index (κ3) is 7.19. The van der Waals surface area contributed by atoms with Crippen molar-refractivity contribution in [2.45, 2.75) is 38.5 Å². The molecule has 2 N–H and O–H groups in total. The molecule has 1 heterocycles. The number of nitrogens with one attached hydrogen (secondary N) is 2. The fourth-order valence-corrected chi connectivity index (χ4v) is 4.16. The summed E-state index contributed by atoms with van der Waals surface area (Å²) < 4.78 is 7.31. The van der Waals surface area contributed by atoms with Crippen LogP contribution in [0.4, 0.5) is 5.69 Å². The number of allylic oxidation sites excluding steroid dienone is 1. The number of amides is 2. The Labute approximate surface area is 210 Å². The van der Waals surface area contributed by atoms with Crippen LogP contribution in [0.15, 0.2) is 72.4 Å². The summed E-state index contributed by atoms with van der Waals surface area (Å²) in [6, 6.07) is 15.9. The zero-order valence-electron chi connectivity index (χ0n) is 20.2. The molecule has 2 amide bonds. The SMILES string of the molecule is C=CCn1c(SCC(=O)Nc2ccc(OCC)cc2)nnc1[C@@H](NC(=O)c1ccccc1)C(C)C. The van der Waals surface area contributed by atoms with Gasteiger partial charge in [0.15, 0.2) is 11.0 Å². The van der Waals surface area contributed by atoms with Gasteiger partial charge in [-0.3, -0.25) is 9.59 Å². The van der Waals surface area contributed by atoms with E-state index in [0.29, 0.717) is 35.4 Å². The molecule has 1 aromatic heterocycles. The molecule has 0 saturated carbocycles. The second kappa shape index (κ2) is 12.8. The summed E-state index contributed by atoms with van der Waals surface area (Å²) in [6.07, 6.45) is 1.74. The lowest BCUT2D eigenvalue weighted by Gasteiger charge is -2.22. The maximum absolute atomic E-state index is 12.8. The zero-order chi connectivity index (χ0) is 25.2. The van der Waals surface area contributed by atoms with Crippen molar-refractivity contribution in [3.63, 3.8) is 0 Å². The summed E-state index contributed by atoms with van der Waals surface area (Å²) in [5.41, 5.74) is 1.27. The molecular formula is C26H31N5O3S. The Morgan fingerprint density at radius 1 is 1.11 bits per heavy atom. The Morgan fingerprint density at radius 3 is 2.46 bits per heavy atom. The van der Waals surface area contributed by atoms with Crippen LogP contribution in [0.25, 0.3) is 0 Å². The van der Waals surface area contributed by atoms with Crippen LogP contribution in [0.2, 0.25) is 0 Å². The van der Waals surface area contributed by atoms with Gasteiger partial charge in [-0.2, -0.15) is 0 Å². The molecule has 2 aromatic carbocycles. The smallest absolute Gasteiger partial charge is 0.251 e. The summed E-state index contributed by atoms with van der Waals surface area (Å²) in [6.45, 7) is 10.8. The number of hydrogen-bond donors (Lipinski definition) is 2. The number of rotatable bonds is 12. The van der Waals surface area contributed by atoms with Crippen molar-refractivity contribution < 1.29 is 14.3 Å². The molecule has 0 unspecified atom stereocenters. The van der Waals surface area contributed by atoms with E-state index in [9.17, 15) is 9.59 Å². The first-order chi connectivity index (χ1) is 16.9. The summed E-state index contributed by atoms with van der Waals surface area (Å²) in [5, 5.41) is 15.2. The van der Waals surface area contributed by atoms with Crippen LogP contribution in [-0.4, -0.2) is 38.9 Å². The van der Waals surface area contributed by atoms with Gasteiger partial charge in [0.1, 0.15) is 5.75 Å². The predicted molar refractivity (Wildman–Crippen MR) is 139 cm³/mol. The van der Waals surface area contributed by atoms with Gasteiger partial charge in [-0.05, 0) is 49.2 Å². The topological polar surface area (TPSA) is 98.1 Å². The predicted octanol–water partition coefficient (Wildman–Crippen LogP) is 4.72. The molecule has 0 spiro atoms. The minimum absolute atomic E-state index is 0.0660. The van der Waals surface area contributed by atoms with Crippen LogP contribution in [0, 0.1) is 5.92 Å². The summed E-state index contributed by atoms with van der Waals surface area (Å²) in [7, 11) is 0. The van der Waals surface area contributed by atoms with E-state index >= 15 is 0 Å². The number of carbonyl (C=O) groups is 2. The van der Waals surface area contributed by atoms with E-state index in [1.807, 2.05) is 55.7 Å². The van der Waals surface area contributed by atoms with Gasteiger partial charge in [0.25, 0.3) is 5.91 Å². The first kappa shape index (κ1) is 26.0. The number of hydrogen-bond acceptors (Lipinski definition) is 6. The molecule has 0 aliphatic rings. The molecule has 35 heavy (non-hydrogen) atoms. The monoisotopic (exact) mass is 493 g/mol. The van der Waals surface area contributed by atoms with Gasteiger partial charge in [0.2, 0.25) is 5.91 Å². The molecule has 184 valence electrons. The van der Waals surface area contributed by atoms with Crippen molar-refractivity contribution in [2.75, 3.05) is 17.7 Å². The highest BCUT2D eigenvalue weighted by atomic mass is 32.2. The van der Waals surface area contributed by atoms with E-state index in [-0.39, 0.29) is 29.5 Å². The normalized spacial score (nSPS) is 11.7. The zero-order valence-corrected chi connectivity index (χ0v) is 21.0. The minimum atomic E-state index is -0.359. The lowest BCUT2D eigenvalue weighted by molar-refractivity contribution is -0.113. The molecule has 0 saturated heterocycles. The van der Waals surface area contributed by atoms with Crippen molar-refractivity contribution >= 4 is 29.3 Å². The second-order valence-electron chi connectivity index (χ2n) is 8.10. The van der Waals surface area contributed by atoms with Crippen LogP contribution < -0.4 is 15.4 Å². The van der Waals surface area contributed by atoms with Crippen molar-refractivity contribution in [1.29, 1.82) is 0 Å². The highest BCUT2D eigenvalue weighted by Gasteiger charge is 2.26. The van der Waals surface area contributed by atoms with E-state index in [0.717, 1.165) is 5.75 Å². The number of nitrogens with zero attached hydrogens (tertiary/aromatic N) is 3. The number of aromatic nitrogens is 3. The Balaban J connectivity index is 1.69. The average molecular weight is 494 g/mol. The standard InChI is InChI=1S/C26H31N5O3S/c1-5-16-31-24(23(18(3)4)28-25(33)19-10-8-7-9-11-19)29-30-26(31)35-17-22(32)27-20-12-14-21(15-13-20)34-6-2/h5,7-15,18,23H,1,6,16-17H2,2-4H3,(H,27,32)(H,28,33)/t23-/m0/s1. The number of carbonyl (C=O) groups excluding carboxylic acids is 2. The molecular weight excluding hydrogens is 462 g/mol. The molecule has 3 aromatic rings. The maximum atomic E-state index is 12.8. The highest BCUT2D eigenvalue weighted by Crippen LogP contribution is 2.26. The van der Waals surface area contributed by atoms with Gasteiger partial charge in [0.05, 0.1) is 18.4 Å². The Kier molecular flexibility index (Phi) is 9.48. The lowest BCUT2D eigenvalue weighted by Crippen LogP contribution is -2.33. The largest absolute Gasteiger partial charge is 0.494 e. The molecule has 0 bridgehead atoms. The average Bonchev–Trinajstić information content (AvgIpc) is 3.25. The van der Waals surface area contributed by atoms with Crippen molar-refractivity contribution in [2.24, 2.45) is 5.92 Å². The Morgan fingerprint density at radius 2 is 1.83 bits per heavy atom. The van der Waals surface area contributed by atoms with E-state index in [1.54, 1.807) is 30.3 Å². The Bertz CT molecular complexity index is 1130. The van der Waals surface area contributed by atoms with Crippen molar-refractivity contribution in [1.82, 2.24) is 20.1 Å². The van der Waals surface area contributed by atoms with Crippen LogP contribution in [0.1, 0.15) is 43.0 Å². The Hall–Kier alpha value is -3.59. The van der Waals surface area contributed by atoms with Gasteiger partial charge in [0, 0.05) is 17.8 Å². The summed E-state index contributed by atoms with van der Waals surface area (Å²) in [4.78, 5) is 25.3. The first-order valence-electron chi connectivity index (χ1n) is 11.5. The molecule has 0 radical (unpaired) electrons. The van der Waals surface area contributed by atoms with Gasteiger partial charge >= 0.3 is 0 Å². The van der Waals surface area contributed by atoms with Crippen molar-refractivity contribution in [3.05, 3.63) is 78.6 Å². The van der Waals surface area contributed by atoms with E-state index in [1.165, 1.54) is 11.8 Å². The lowest BCUT2D eigenvalue weighted by atomic mass is 10.0. The van der Waals surface area contributed by atoms with Crippen LogP contribution in [0.3, 0.4) is 0 Å². The van der Waals surface area contributed by atoms with Crippen molar-refractivity contribution in [3.8, 4) is 5.75 Å². The molecule has 0 aliphatic carbocycles. The van der Waals surface area contributed by atoms with Gasteiger partial charge < -0.3 is 19.9 Å². The number of benzene rings is 2. The third-order valence-corrected chi connectivity index (χ3v) is 6.07. The van der Waals surface area contributed by atoms with E-state index in [2.05, 4.69) is 27.4 Å². The van der Waals surface area contributed by atoms with Gasteiger partial charge in [-0.1, -0.05) is 49.9 Å². The van der Waals surface area contributed by atoms with Crippen LogP contribution in [0.5, 0.6) is 5.75 Å². The highest BCUT2D eigenvalue weighted by molar-refractivity contribution is 7.99. The van der Waals surface area contributed by atoms with E-state index in [4.69, 9.17) is 4.74 Å². The maximum Gasteiger partial charge on any atom is 0.251 e. The molecule has 9 heteroatoms. The number of anilines is 1. The molecule has 3 rings (SSSR count). The van der Waals surface area contributed by atoms with Crippen LogP contribution >= 0.6 is 11.8 Å². The summed E-state index contributed by atoms with van der Waals surface area (Å²) >= 11 is 1.28. The first-order valence-corrected chi connectivity index (χ1v) is 12.5. The number of ether oxygens (including phenoxy) is 1. The number of thioether (sulfide) groups is 1. The fourth-order valence-electron chi connectivity index (χ4n) is 3.41. The van der Waals surface area contributed by atoms with Crippen LogP contribution in [-0.2, 0) is 11.3 Å². The summed E-state index contributed by atoms with van der Waals surface area (Å²) in [5.74, 6) is 1.26. The molecule has 8 nitrogen and oxygen atoms in total. The van der Waals surface area contributed by atoms with Gasteiger partial charge in [-0.25, -0.2) is 0 Å². The third-order valence-electron chi connectivity index (χ3n) is 5.11. The van der Waals surface area contributed by atoms with E-state index < -0.39 is 0 Å². The minimum Gasteiger partial charge on any atom is -0.494 e. The quantitative estimate of drug-likeness (QED) is 0.280. The fraction of sp³-hybridized carbons (Fsp3) is 0.308. The second-order valence-corrected chi connectivity index (χ2v) is 9.04. The molecule has 0 aliphatic heterocycles. The molecule has 1 atom stereocenters. The molecule has 0 fully saturated rings. The van der Waals surface area contributed by atoms with Gasteiger partial charge in [-0.15, -0.1) is 16.8 Å².